The van der Waals surface area contributed by atoms with E-state index in [9.17, 15) is 9.59 Å². The molecule has 2 atom stereocenters. The van der Waals surface area contributed by atoms with Gasteiger partial charge >= 0.3 is 5.97 Å². The predicted molar refractivity (Wildman–Crippen MR) is 151 cm³/mol. The van der Waals surface area contributed by atoms with E-state index >= 15 is 0 Å². The zero-order valence-corrected chi connectivity index (χ0v) is 24.5. The van der Waals surface area contributed by atoms with Crippen LogP contribution in [-0.4, -0.2) is 39.5 Å². The molecule has 1 N–H and O–H groups in total. The van der Waals surface area contributed by atoms with Crippen molar-refractivity contribution in [2.45, 2.75) is 77.4 Å². The van der Waals surface area contributed by atoms with Gasteiger partial charge in [0.05, 0.1) is 18.4 Å². The summed E-state index contributed by atoms with van der Waals surface area (Å²) in [5.41, 5.74) is 4.16. The lowest BCUT2D eigenvalue weighted by Gasteiger charge is -2.19. The lowest BCUT2D eigenvalue weighted by Crippen LogP contribution is -2.17. The number of carbonyl (C=O) groups is 2. The van der Waals surface area contributed by atoms with E-state index in [2.05, 4.69) is 53.2 Å². The molecular weight excluding hydrogens is 525 g/mol. The van der Waals surface area contributed by atoms with E-state index in [1.54, 1.807) is 0 Å². The van der Waals surface area contributed by atoms with Crippen LogP contribution in [0.2, 0.25) is 0 Å². The van der Waals surface area contributed by atoms with Crippen molar-refractivity contribution in [2.24, 2.45) is 11.8 Å². The average molecular weight is 559 g/mol. The number of thioether (sulfide) groups is 1. The number of rotatable bonds is 7. The summed E-state index contributed by atoms with van der Waals surface area (Å²) in [4.78, 5) is 28.3. The molecule has 2 aliphatic carbocycles. The van der Waals surface area contributed by atoms with Gasteiger partial charge in [0.1, 0.15) is 5.00 Å². The summed E-state index contributed by atoms with van der Waals surface area (Å²) in [6, 6.07) is 0.158. The van der Waals surface area contributed by atoms with Gasteiger partial charge in [0.2, 0.25) is 5.91 Å². The lowest BCUT2D eigenvalue weighted by atomic mass is 9.88. The zero-order valence-electron chi connectivity index (χ0n) is 22.1. The minimum absolute atomic E-state index is 0.158. The van der Waals surface area contributed by atoms with E-state index in [1.165, 1.54) is 57.5 Å². The van der Waals surface area contributed by atoms with Crippen LogP contribution in [-0.2, 0) is 35.2 Å². The molecule has 0 radical (unpaired) electrons. The second-order valence-corrected chi connectivity index (χ2v) is 13.6. The molecule has 7 nitrogen and oxygen atoms in total. The second-order valence-electron chi connectivity index (χ2n) is 10.6. The first-order valence-electron chi connectivity index (χ1n) is 13.0. The number of hydrogen-bond acceptors (Lipinski definition) is 8. The first-order chi connectivity index (χ1) is 17.8. The highest BCUT2D eigenvalue weighted by Gasteiger charge is 2.29. The van der Waals surface area contributed by atoms with Crippen LogP contribution in [0, 0.1) is 11.8 Å². The molecule has 0 saturated heterocycles. The zero-order chi connectivity index (χ0) is 26.3. The molecule has 37 heavy (non-hydrogen) atoms. The van der Waals surface area contributed by atoms with Gasteiger partial charge in [-0.3, -0.25) is 9.36 Å². The fraction of sp³-hybridized carbons (Fsp3) is 0.556. The molecule has 0 fully saturated rings. The summed E-state index contributed by atoms with van der Waals surface area (Å²) >= 11 is 4.72. The Morgan fingerprint density at radius 1 is 1.14 bits per heavy atom. The summed E-state index contributed by atoms with van der Waals surface area (Å²) in [5.74, 6) is 1.83. The molecule has 10 heteroatoms. The number of fused-ring (bicyclic) bond motifs is 2. The van der Waals surface area contributed by atoms with Crippen LogP contribution >= 0.6 is 34.4 Å². The van der Waals surface area contributed by atoms with Crippen LogP contribution in [0.3, 0.4) is 0 Å². The summed E-state index contributed by atoms with van der Waals surface area (Å²) in [6.45, 7) is 8.79. The number of esters is 1. The molecular formula is C27H34N4O3S3. The van der Waals surface area contributed by atoms with Gasteiger partial charge in [0.25, 0.3) is 0 Å². The van der Waals surface area contributed by atoms with E-state index in [4.69, 9.17) is 4.74 Å². The second kappa shape index (κ2) is 10.9. The van der Waals surface area contributed by atoms with E-state index in [0.717, 1.165) is 54.6 Å². The number of aromatic nitrogens is 3. The van der Waals surface area contributed by atoms with E-state index < -0.39 is 0 Å². The largest absolute Gasteiger partial charge is 0.465 e. The topological polar surface area (TPSA) is 86.1 Å². The minimum Gasteiger partial charge on any atom is -0.465 e. The van der Waals surface area contributed by atoms with Crippen LogP contribution in [0.25, 0.3) is 11.4 Å². The number of thiophene rings is 2. The highest BCUT2D eigenvalue weighted by Crippen LogP contribution is 2.41. The van der Waals surface area contributed by atoms with Gasteiger partial charge in [0, 0.05) is 26.7 Å². The third kappa shape index (κ3) is 5.25. The fourth-order valence-corrected chi connectivity index (χ4v) is 8.86. The van der Waals surface area contributed by atoms with Crippen molar-refractivity contribution >= 4 is 51.3 Å². The maximum Gasteiger partial charge on any atom is 0.341 e. The molecule has 0 aliphatic heterocycles. The van der Waals surface area contributed by atoms with E-state index in [0.29, 0.717) is 16.5 Å². The Labute approximate surface area is 230 Å². The number of nitrogens with one attached hydrogen (secondary N) is 1. The summed E-state index contributed by atoms with van der Waals surface area (Å²) < 4.78 is 7.20. The first-order valence-corrected chi connectivity index (χ1v) is 15.6. The van der Waals surface area contributed by atoms with Crippen LogP contribution in [0.15, 0.2) is 10.5 Å². The van der Waals surface area contributed by atoms with Crippen LogP contribution in [0.5, 0.6) is 0 Å². The number of amides is 1. The van der Waals surface area contributed by atoms with Crippen molar-refractivity contribution in [3.05, 3.63) is 31.8 Å². The van der Waals surface area contributed by atoms with Gasteiger partial charge in [-0.25, -0.2) is 4.79 Å². The van der Waals surface area contributed by atoms with Crippen LogP contribution < -0.4 is 5.32 Å². The van der Waals surface area contributed by atoms with Crippen molar-refractivity contribution in [1.29, 1.82) is 0 Å². The molecule has 3 aromatic heterocycles. The van der Waals surface area contributed by atoms with Gasteiger partial charge < -0.3 is 10.1 Å². The average Bonchev–Trinajstić information content (AvgIpc) is 3.56. The third-order valence-corrected chi connectivity index (χ3v) is 10.5. The van der Waals surface area contributed by atoms with Crippen molar-refractivity contribution in [3.8, 4) is 11.4 Å². The summed E-state index contributed by atoms with van der Waals surface area (Å²) in [7, 11) is 1.39. The standard InChI is InChI=1S/C27H34N4O3S3/c1-14(2)31-24(19-12-35-20-10-15(3)6-8-17(19)20)29-30-27(31)36-13-22(32)28-25-23(26(33)34-5)18-9-7-16(4)11-21(18)37-25/h12,14-16H,6-11,13H2,1-5H3,(H,28,32). The number of methoxy groups -OCH3 is 1. The minimum atomic E-state index is -0.382. The number of ether oxygens (including phenoxy) is 1. The number of hydrogen-bond donors (Lipinski definition) is 1. The van der Waals surface area contributed by atoms with Gasteiger partial charge in [-0.2, -0.15) is 0 Å². The molecule has 0 aromatic carbocycles. The van der Waals surface area contributed by atoms with Crippen LogP contribution in [0.4, 0.5) is 5.00 Å². The predicted octanol–water partition coefficient (Wildman–Crippen LogP) is 6.42. The van der Waals surface area contributed by atoms with Crippen molar-refractivity contribution in [2.75, 3.05) is 18.2 Å². The van der Waals surface area contributed by atoms with Crippen molar-refractivity contribution in [3.63, 3.8) is 0 Å². The van der Waals surface area contributed by atoms with Crippen molar-refractivity contribution < 1.29 is 14.3 Å². The molecule has 3 heterocycles. The number of anilines is 1. The smallest absolute Gasteiger partial charge is 0.341 e. The number of nitrogens with zero attached hydrogens (tertiary/aromatic N) is 3. The molecule has 198 valence electrons. The monoisotopic (exact) mass is 558 g/mol. The maximum atomic E-state index is 13.0. The molecule has 0 bridgehead atoms. The van der Waals surface area contributed by atoms with Gasteiger partial charge in [-0.1, -0.05) is 25.6 Å². The maximum absolute atomic E-state index is 13.0. The lowest BCUT2D eigenvalue weighted by molar-refractivity contribution is -0.113. The third-order valence-electron chi connectivity index (χ3n) is 7.31. The molecule has 1 amide bonds. The number of carbonyl (C=O) groups excluding carboxylic acids is 2. The molecule has 3 aromatic rings. The molecule has 5 rings (SSSR count). The Kier molecular flexibility index (Phi) is 7.79. The highest BCUT2D eigenvalue weighted by molar-refractivity contribution is 7.99. The molecule has 0 spiro atoms. The summed E-state index contributed by atoms with van der Waals surface area (Å²) in [5, 5.41) is 15.6. The Bertz CT molecular complexity index is 1320. The van der Waals surface area contributed by atoms with Crippen molar-refractivity contribution in [1.82, 2.24) is 14.8 Å². The highest BCUT2D eigenvalue weighted by atomic mass is 32.2. The Balaban J connectivity index is 1.34. The van der Waals surface area contributed by atoms with Gasteiger partial charge in [-0.15, -0.1) is 32.9 Å². The van der Waals surface area contributed by atoms with E-state index in [1.807, 2.05) is 11.3 Å². The Hall–Kier alpha value is -2.17. The van der Waals surface area contributed by atoms with Gasteiger partial charge in [-0.05, 0) is 75.3 Å². The van der Waals surface area contributed by atoms with Crippen LogP contribution in [0.1, 0.15) is 77.8 Å². The molecule has 2 unspecified atom stereocenters. The van der Waals surface area contributed by atoms with E-state index in [-0.39, 0.29) is 23.7 Å². The quantitative estimate of drug-likeness (QED) is 0.266. The SMILES string of the molecule is COC(=O)c1c(NC(=O)CSc2nnc(-c3csc4c3CCC(C)C4)n2C(C)C)sc2c1CCC(C)C2. The molecule has 2 aliphatic rings. The Morgan fingerprint density at radius 3 is 2.54 bits per heavy atom. The Morgan fingerprint density at radius 2 is 1.84 bits per heavy atom. The summed E-state index contributed by atoms with van der Waals surface area (Å²) in [6.07, 6.45) is 6.23. The van der Waals surface area contributed by atoms with Gasteiger partial charge in [0.15, 0.2) is 11.0 Å². The normalized spacial score (nSPS) is 19.0. The molecule has 0 saturated carbocycles. The first kappa shape index (κ1) is 26.4. The fourth-order valence-electron chi connectivity index (χ4n) is 5.34.